The van der Waals surface area contributed by atoms with E-state index >= 15 is 0 Å². The number of benzene rings is 1. The second kappa shape index (κ2) is 5.75. The maximum Gasteiger partial charge on any atom is 0.0724 e. The van der Waals surface area contributed by atoms with Crippen LogP contribution < -0.4 is 5.73 Å². The molecule has 78 valence electrons. The van der Waals surface area contributed by atoms with E-state index in [1.165, 1.54) is 0 Å². The molecule has 0 aliphatic rings. The van der Waals surface area contributed by atoms with Gasteiger partial charge in [-0.2, -0.15) is 0 Å². The van der Waals surface area contributed by atoms with Crippen LogP contribution in [0.5, 0.6) is 0 Å². The molecule has 0 aliphatic carbocycles. The Balaban J connectivity index is 2.34. The summed E-state index contributed by atoms with van der Waals surface area (Å²) >= 11 is 0. The summed E-state index contributed by atoms with van der Waals surface area (Å²) in [6.07, 6.45) is -0.125. The van der Waals surface area contributed by atoms with Crippen molar-refractivity contribution in [2.24, 2.45) is 5.73 Å². The molecule has 0 saturated heterocycles. The van der Waals surface area contributed by atoms with Gasteiger partial charge < -0.3 is 15.6 Å². The van der Waals surface area contributed by atoms with Crippen molar-refractivity contribution >= 4 is 0 Å². The summed E-state index contributed by atoms with van der Waals surface area (Å²) in [4.78, 5) is 0. The van der Waals surface area contributed by atoms with Crippen LogP contribution in [0.15, 0.2) is 30.3 Å². The Morgan fingerprint density at radius 1 is 1.36 bits per heavy atom. The fraction of sp³-hybridized carbons (Fsp3) is 0.455. The van der Waals surface area contributed by atoms with Crippen LogP contribution in [0.4, 0.5) is 0 Å². The molecule has 3 heteroatoms. The molecule has 2 atom stereocenters. The number of ether oxygens (including phenoxy) is 1. The highest BCUT2D eigenvalue weighted by Gasteiger charge is 2.11. The lowest BCUT2D eigenvalue weighted by atomic mass is 10.2. The van der Waals surface area contributed by atoms with Crippen molar-refractivity contribution in [3.63, 3.8) is 0 Å². The molecule has 0 unspecified atom stereocenters. The van der Waals surface area contributed by atoms with Gasteiger partial charge in [-0.25, -0.2) is 0 Å². The minimum atomic E-state index is -0.307. The predicted octanol–water partition coefficient (Wildman–Crippen LogP) is 0.911. The zero-order valence-electron chi connectivity index (χ0n) is 8.39. The second-order valence-electron chi connectivity index (χ2n) is 3.35. The summed E-state index contributed by atoms with van der Waals surface area (Å²) in [6.45, 7) is 2.36. The van der Waals surface area contributed by atoms with Crippen molar-refractivity contribution in [1.29, 1.82) is 0 Å². The van der Waals surface area contributed by atoms with Gasteiger partial charge >= 0.3 is 0 Å². The lowest BCUT2D eigenvalue weighted by molar-refractivity contribution is 0.0224. The standard InChI is InChI=1S/C11H17NO2/c1-9(11(12)7-13)14-8-10-5-3-2-4-6-10/h2-6,9,11,13H,7-8,12H2,1H3/t9-,11-/m0/s1. The molecule has 0 bridgehead atoms. The normalized spacial score (nSPS) is 15.1. The average molecular weight is 195 g/mol. The van der Waals surface area contributed by atoms with Gasteiger partial charge in [0.05, 0.1) is 25.4 Å². The maximum absolute atomic E-state index is 8.80. The van der Waals surface area contributed by atoms with E-state index in [4.69, 9.17) is 15.6 Å². The highest BCUT2D eigenvalue weighted by atomic mass is 16.5. The summed E-state index contributed by atoms with van der Waals surface area (Å²) in [7, 11) is 0. The second-order valence-corrected chi connectivity index (χ2v) is 3.35. The first-order valence-corrected chi connectivity index (χ1v) is 4.76. The fourth-order valence-electron chi connectivity index (χ4n) is 1.07. The fourth-order valence-corrected chi connectivity index (χ4v) is 1.07. The van der Waals surface area contributed by atoms with E-state index in [2.05, 4.69) is 0 Å². The van der Waals surface area contributed by atoms with Crippen LogP contribution in [0, 0.1) is 0 Å². The lowest BCUT2D eigenvalue weighted by Gasteiger charge is -2.18. The minimum Gasteiger partial charge on any atom is -0.395 e. The number of nitrogens with two attached hydrogens (primary N) is 1. The van der Waals surface area contributed by atoms with Crippen LogP contribution in [0.1, 0.15) is 12.5 Å². The van der Waals surface area contributed by atoms with Crippen molar-refractivity contribution in [3.05, 3.63) is 35.9 Å². The first-order chi connectivity index (χ1) is 6.74. The van der Waals surface area contributed by atoms with E-state index in [1.54, 1.807) is 0 Å². The van der Waals surface area contributed by atoms with Gasteiger partial charge in [-0.1, -0.05) is 30.3 Å². The quantitative estimate of drug-likeness (QED) is 0.734. The summed E-state index contributed by atoms with van der Waals surface area (Å²) in [5.74, 6) is 0. The molecule has 3 nitrogen and oxygen atoms in total. The lowest BCUT2D eigenvalue weighted by Crippen LogP contribution is -2.37. The third-order valence-corrected chi connectivity index (χ3v) is 2.17. The van der Waals surface area contributed by atoms with E-state index in [1.807, 2.05) is 37.3 Å². The molecule has 0 heterocycles. The summed E-state index contributed by atoms with van der Waals surface area (Å²) in [5, 5.41) is 8.80. The minimum absolute atomic E-state index is 0.0457. The molecule has 0 amide bonds. The maximum atomic E-state index is 8.80. The van der Waals surface area contributed by atoms with Crippen LogP contribution in [0.2, 0.25) is 0 Å². The van der Waals surface area contributed by atoms with Gasteiger partial charge in [-0.3, -0.25) is 0 Å². The summed E-state index contributed by atoms with van der Waals surface area (Å²) in [6, 6.07) is 9.59. The van der Waals surface area contributed by atoms with Gasteiger partial charge in [0.25, 0.3) is 0 Å². The van der Waals surface area contributed by atoms with Crippen molar-refractivity contribution in [2.75, 3.05) is 6.61 Å². The Labute approximate surface area is 84.5 Å². The molecule has 1 aromatic carbocycles. The van der Waals surface area contributed by atoms with Gasteiger partial charge in [-0.15, -0.1) is 0 Å². The molecule has 0 fully saturated rings. The molecule has 0 radical (unpaired) electrons. The van der Waals surface area contributed by atoms with Crippen LogP contribution in [-0.2, 0) is 11.3 Å². The third kappa shape index (κ3) is 3.46. The molecule has 1 rings (SSSR count). The summed E-state index contributed by atoms with van der Waals surface area (Å²) < 4.78 is 5.50. The molecular weight excluding hydrogens is 178 g/mol. The molecule has 0 aromatic heterocycles. The Hall–Kier alpha value is -0.900. The number of aliphatic hydroxyl groups is 1. The van der Waals surface area contributed by atoms with Gasteiger partial charge in [0.15, 0.2) is 0 Å². The Bertz CT molecular complexity index is 251. The van der Waals surface area contributed by atoms with Crippen molar-refractivity contribution in [1.82, 2.24) is 0 Å². The first-order valence-electron chi connectivity index (χ1n) is 4.76. The molecule has 0 spiro atoms. The van der Waals surface area contributed by atoms with Crippen LogP contribution in [0.3, 0.4) is 0 Å². The number of hydrogen-bond donors (Lipinski definition) is 2. The van der Waals surface area contributed by atoms with E-state index in [0.29, 0.717) is 6.61 Å². The number of rotatable bonds is 5. The largest absolute Gasteiger partial charge is 0.395 e. The van der Waals surface area contributed by atoms with Crippen molar-refractivity contribution in [3.8, 4) is 0 Å². The van der Waals surface area contributed by atoms with Crippen LogP contribution in [-0.4, -0.2) is 23.9 Å². The summed E-state index contributed by atoms with van der Waals surface area (Å²) in [5.41, 5.74) is 6.72. The highest BCUT2D eigenvalue weighted by Crippen LogP contribution is 2.04. The number of hydrogen-bond acceptors (Lipinski definition) is 3. The highest BCUT2D eigenvalue weighted by molar-refractivity contribution is 5.13. The molecule has 14 heavy (non-hydrogen) atoms. The zero-order valence-corrected chi connectivity index (χ0v) is 8.39. The van der Waals surface area contributed by atoms with Crippen molar-refractivity contribution in [2.45, 2.75) is 25.7 Å². The predicted molar refractivity (Wildman–Crippen MR) is 55.8 cm³/mol. The molecule has 0 aliphatic heterocycles. The van der Waals surface area contributed by atoms with E-state index in [9.17, 15) is 0 Å². The molecule has 1 aromatic rings. The zero-order chi connectivity index (χ0) is 10.4. The van der Waals surface area contributed by atoms with E-state index in [0.717, 1.165) is 5.56 Å². The molecule has 0 saturated carbocycles. The smallest absolute Gasteiger partial charge is 0.0724 e. The Morgan fingerprint density at radius 3 is 2.57 bits per heavy atom. The Morgan fingerprint density at radius 2 is 2.00 bits per heavy atom. The van der Waals surface area contributed by atoms with E-state index < -0.39 is 0 Å². The topological polar surface area (TPSA) is 55.5 Å². The van der Waals surface area contributed by atoms with Gasteiger partial charge in [0.2, 0.25) is 0 Å². The molecule has 3 N–H and O–H groups in total. The Kier molecular flexibility index (Phi) is 4.59. The van der Waals surface area contributed by atoms with Crippen molar-refractivity contribution < 1.29 is 9.84 Å². The van der Waals surface area contributed by atoms with E-state index in [-0.39, 0.29) is 18.8 Å². The SMILES string of the molecule is C[C@H](OCc1ccccc1)[C@@H](N)CO. The first kappa shape index (κ1) is 11.2. The number of aliphatic hydroxyl groups excluding tert-OH is 1. The monoisotopic (exact) mass is 195 g/mol. The average Bonchev–Trinajstić information content (AvgIpc) is 2.26. The van der Waals surface area contributed by atoms with Crippen LogP contribution in [0.25, 0.3) is 0 Å². The van der Waals surface area contributed by atoms with Crippen LogP contribution >= 0.6 is 0 Å². The van der Waals surface area contributed by atoms with Gasteiger partial charge in [-0.05, 0) is 12.5 Å². The molecular formula is C11H17NO2. The third-order valence-electron chi connectivity index (χ3n) is 2.17. The van der Waals surface area contributed by atoms with Gasteiger partial charge in [0, 0.05) is 0 Å². The van der Waals surface area contributed by atoms with Gasteiger partial charge in [0.1, 0.15) is 0 Å².